The molecule has 0 saturated carbocycles. The van der Waals surface area contributed by atoms with E-state index in [4.69, 9.17) is 14.2 Å². The average molecular weight is 457 g/mol. The van der Waals surface area contributed by atoms with Crippen molar-refractivity contribution < 1.29 is 14.2 Å². The third kappa shape index (κ3) is 15.7. The molecule has 33 heavy (non-hydrogen) atoms. The highest BCUT2D eigenvalue weighted by Gasteiger charge is 2.06. The maximum Gasteiger partial charge on any atom is 0.229 e. The van der Waals surface area contributed by atoms with Crippen molar-refractivity contribution in [1.82, 2.24) is 15.0 Å². The number of nitrogens with zero attached hydrogens (tertiary/aromatic N) is 3. The van der Waals surface area contributed by atoms with Gasteiger partial charge in [0, 0.05) is 19.6 Å². The number of ether oxygens (including phenoxy) is 3. The fraction of sp³-hybridized carbons (Fsp3) is 0.375. The summed E-state index contributed by atoms with van der Waals surface area (Å²) in [6.07, 6.45) is 17.5. The molecule has 1 aromatic heterocycles. The Morgan fingerprint density at radius 3 is 1.12 bits per heavy atom. The van der Waals surface area contributed by atoms with Gasteiger partial charge in [-0.25, -0.2) is 0 Å². The van der Waals surface area contributed by atoms with E-state index < -0.39 is 0 Å². The van der Waals surface area contributed by atoms with Gasteiger partial charge in [-0.1, -0.05) is 38.0 Å². The molecular weight excluding hydrogens is 420 g/mol. The Hall–Kier alpha value is -3.75. The number of nitrogens with one attached hydrogen (secondary N) is 3. The predicted molar refractivity (Wildman–Crippen MR) is 135 cm³/mol. The van der Waals surface area contributed by atoms with Crippen LogP contribution in [-0.4, -0.2) is 54.4 Å². The minimum absolute atomic E-state index is 0.493. The molecule has 1 aromatic rings. The third-order valence-electron chi connectivity index (χ3n) is 3.73. The molecule has 0 atom stereocenters. The van der Waals surface area contributed by atoms with E-state index in [1.54, 1.807) is 55.2 Å². The lowest BCUT2D eigenvalue weighted by Crippen LogP contribution is -2.15. The Balaban J connectivity index is 2.53. The lowest BCUT2D eigenvalue weighted by atomic mass is 10.4. The quantitative estimate of drug-likeness (QED) is 0.141. The fourth-order valence-corrected chi connectivity index (χ4v) is 2.22. The first-order chi connectivity index (χ1) is 16.3. The van der Waals surface area contributed by atoms with Crippen molar-refractivity contribution in [3.8, 4) is 0 Å². The van der Waals surface area contributed by atoms with E-state index >= 15 is 0 Å². The van der Waals surface area contributed by atoms with Crippen molar-refractivity contribution in [2.75, 3.05) is 55.4 Å². The first-order valence-electron chi connectivity index (χ1n) is 11.0. The van der Waals surface area contributed by atoms with Crippen LogP contribution < -0.4 is 16.0 Å². The van der Waals surface area contributed by atoms with Gasteiger partial charge in [-0.2, -0.15) is 15.0 Å². The van der Waals surface area contributed by atoms with Crippen LogP contribution in [0.2, 0.25) is 0 Å². The molecular formula is C24H36N6O3. The summed E-state index contributed by atoms with van der Waals surface area (Å²) >= 11 is 0. The van der Waals surface area contributed by atoms with Crippen LogP contribution in [-0.2, 0) is 14.2 Å². The fourth-order valence-electron chi connectivity index (χ4n) is 2.22. The molecule has 0 aliphatic heterocycles. The zero-order chi connectivity index (χ0) is 23.8. The molecule has 0 amide bonds. The highest BCUT2D eigenvalue weighted by Crippen LogP contribution is 2.10. The molecule has 180 valence electrons. The average Bonchev–Trinajstić information content (AvgIpc) is 2.82. The number of hydrogen-bond acceptors (Lipinski definition) is 9. The Morgan fingerprint density at radius 1 is 0.545 bits per heavy atom. The van der Waals surface area contributed by atoms with Gasteiger partial charge in [-0.15, -0.1) is 0 Å². The van der Waals surface area contributed by atoms with Gasteiger partial charge in [-0.3, -0.25) is 0 Å². The summed E-state index contributed by atoms with van der Waals surface area (Å²) in [5.74, 6) is 1.48. The van der Waals surface area contributed by atoms with Gasteiger partial charge < -0.3 is 30.2 Å². The van der Waals surface area contributed by atoms with Crippen LogP contribution >= 0.6 is 0 Å². The van der Waals surface area contributed by atoms with Crippen molar-refractivity contribution in [3.63, 3.8) is 0 Å². The van der Waals surface area contributed by atoms with Crippen LogP contribution in [0.3, 0.4) is 0 Å². The highest BCUT2D eigenvalue weighted by molar-refractivity contribution is 5.42. The summed E-state index contributed by atoms with van der Waals surface area (Å²) in [5, 5.41) is 9.64. The van der Waals surface area contributed by atoms with Crippen molar-refractivity contribution in [2.45, 2.75) is 19.3 Å². The standard InChI is InChI=1S/C24H36N6O3/c1-4-7-16-31-19-10-13-25-22-28-23(26-14-11-20-32-17-8-5-2)30-24(29-22)27-15-12-21-33-18-9-6-3/h4-9,16-18H,1-3,10-15,19-21H2,(H3,25,26,27,28,29,30). The summed E-state index contributed by atoms with van der Waals surface area (Å²) in [5.41, 5.74) is 0. The summed E-state index contributed by atoms with van der Waals surface area (Å²) in [6.45, 7) is 14.5. The van der Waals surface area contributed by atoms with Crippen LogP contribution in [0.15, 0.2) is 75.0 Å². The monoisotopic (exact) mass is 456 g/mol. The molecule has 0 aromatic carbocycles. The van der Waals surface area contributed by atoms with Crippen molar-refractivity contribution in [3.05, 3.63) is 75.0 Å². The molecule has 9 nitrogen and oxygen atoms in total. The van der Waals surface area contributed by atoms with Gasteiger partial charge in [0.1, 0.15) is 0 Å². The Bertz CT molecular complexity index is 652. The summed E-state index contributed by atoms with van der Waals surface area (Å²) in [6, 6.07) is 0. The summed E-state index contributed by atoms with van der Waals surface area (Å²) in [7, 11) is 0. The summed E-state index contributed by atoms with van der Waals surface area (Å²) in [4.78, 5) is 13.3. The Kier molecular flexibility index (Phi) is 16.7. The number of aromatic nitrogens is 3. The van der Waals surface area contributed by atoms with E-state index in [1.807, 2.05) is 0 Å². The zero-order valence-electron chi connectivity index (χ0n) is 19.2. The molecule has 0 aliphatic rings. The van der Waals surface area contributed by atoms with E-state index in [2.05, 4.69) is 50.6 Å². The molecule has 3 N–H and O–H groups in total. The van der Waals surface area contributed by atoms with E-state index in [0.717, 1.165) is 19.3 Å². The second kappa shape index (κ2) is 20.2. The second-order valence-electron chi connectivity index (χ2n) is 6.45. The minimum atomic E-state index is 0.493. The van der Waals surface area contributed by atoms with Crippen molar-refractivity contribution in [2.24, 2.45) is 0 Å². The zero-order valence-corrected chi connectivity index (χ0v) is 19.2. The van der Waals surface area contributed by atoms with Gasteiger partial charge in [0.2, 0.25) is 17.8 Å². The van der Waals surface area contributed by atoms with E-state index in [1.165, 1.54) is 0 Å². The van der Waals surface area contributed by atoms with Crippen LogP contribution in [0.5, 0.6) is 0 Å². The van der Waals surface area contributed by atoms with Crippen molar-refractivity contribution >= 4 is 17.8 Å². The molecule has 0 spiro atoms. The highest BCUT2D eigenvalue weighted by atomic mass is 16.5. The van der Waals surface area contributed by atoms with Crippen LogP contribution in [0.4, 0.5) is 17.8 Å². The molecule has 0 radical (unpaired) electrons. The second-order valence-corrected chi connectivity index (χ2v) is 6.45. The Morgan fingerprint density at radius 2 is 0.848 bits per heavy atom. The molecule has 0 aliphatic carbocycles. The van der Waals surface area contributed by atoms with Gasteiger partial charge in [0.25, 0.3) is 0 Å². The minimum Gasteiger partial charge on any atom is -0.501 e. The molecule has 0 bridgehead atoms. The first kappa shape index (κ1) is 27.3. The largest absolute Gasteiger partial charge is 0.501 e. The third-order valence-corrected chi connectivity index (χ3v) is 3.73. The van der Waals surface area contributed by atoms with Gasteiger partial charge >= 0.3 is 0 Å². The van der Waals surface area contributed by atoms with Crippen LogP contribution in [0.1, 0.15) is 19.3 Å². The number of allylic oxidation sites excluding steroid dienone is 6. The topological polar surface area (TPSA) is 102 Å². The van der Waals surface area contributed by atoms with Crippen molar-refractivity contribution in [1.29, 1.82) is 0 Å². The van der Waals surface area contributed by atoms with E-state index in [9.17, 15) is 0 Å². The molecule has 0 unspecified atom stereocenters. The lowest BCUT2D eigenvalue weighted by molar-refractivity contribution is 0.248. The number of rotatable bonds is 21. The van der Waals surface area contributed by atoms with Gasteiger partial charge in [0.05, 0.1) is 38.6 Å². The lowest BCUT2D eigenvalue weighted by Gasteiger charge is -2.11. The first-order valence-corrected chi connectivity index (χ1v) is 11.0. The van der Waals surface area contributed by atoms with Gasteiger partial charge in [-0.05, 0) is 37.5 Å². The SMILES string of the molecule is C=CC=COCCCNc1nc(NCCCOC=CC=C)nc(NCCCOC=CC=C)n1. The Labute approximate surface area is 197 Å². The van der Waals surface area contributed by atoms with E-state index in [-0.39, 0.29) is 0 Å². The maximum absolute atomic E-state index is 5.35. The van der Waals surface area contributed by atoms with Crippen LogP contribution in [0.25, 0.3) is 0 Å². The molecule has 9 heteroatoms. The van der Waals surface area contributed by atoms with E-state index in [0.29, 0.717) is 57.3 Å². The summed E-state index contributed by atoms with van der Waals surface area (Å²) < 4.78 is 16.0. The maximum atomic E-state index is 5.35. The molecule has 1 rings (SSSR count). The molecule has 0 saturated heterocycles. The molecule has 0 fully saturated rings. The molecule has 1 heterocycles. The smallest absolute Gasteiger partial charge is 0.229 e. The normalized spacial score (nSPS) is 10.9. The number of hydrogen-bond donors (Lipinski definition) is 3. The number of anilines is 3. The van der Waals surface area contributed by atoms with Gasteiger partial charge in [0.15, 0.2) is 0 Å². The predicted octanol–water partition coefficient (Wildman–Crippen LogP) is 4.43. The van der Waals surface area contributed by atoms with Crippen LogP contribution in [0, 0.1) is 0 Å².